The minimum Gasteiger partial charge on any atom is -0.484 e. The van der Waals surface area contributed by atoms with Crippen LogP contribution in [-0.2, 0) is 14.8 Å². The lowest BCUT2D eigenvalue weighted by atomic mass is 10.1. The van der Waals surface area contributed by atoms with Crippen LogP contribution in [0.25, 0.3) is 0 Å². The van der Waals surface area contributed by atoms with Gasteiger partial charge in [-0.05, 0) is 78.7 Å². The Labute approximate surface area is 239 Å². The molecule has 0 saturated heterocycles. The lowest BCUT2D eigenvalue weighted by molar-refractivity contribution is -0.123. The molecule has 0 heterocycles. The summed E-state index contributed by atoms with van der Waals surface area (Å²) in [5.41, 5.74) is 4.91. The van der Waals surface area contributed by atoms with Gasteiger partial charge in [0.15, 0.2) is 6.61 Å². The second kappa shape index (κ2) is 13.4. The fourth-order valence-corrected chi connectivity index (χ4v) is 5.07. The number of carbonyl (C=O) groups excluding carboxylic acids is 2. The number of rotatable bonds is 11. The number of carbonyl (C=O) groups is 2. The van der Waals surface area contributed by atoms with Crippen molar-refractivity contribution >= 4 is 33.7 Å². The van der Waals surface area contributed by atoms with Crippen molar-refractivity contribution in [1.82, 2.24) is 10.7 Å². The second-order valence-electron chi connectivity index (χ2n) is 9.09. The molecule has 1 atom stereocenters. The van der Waals surface area contributed by atoms with Crippen molar-refractivity contribution in [1.29, 1.82) is 0 Å². The fraction of sp³-hybridized carbons (Fsp3) is 0.129. The Kier molecular flexibility index (Phi) is 9.49. The Balaban J connectivity index is 1.25. The van der Waals surface area contributed by atoms with Crippen molar-refractivity contribution in [3.8, 4) is 5.75 Å². The van der Waals surface area contributed by atoms with Crippen LogP contribution in [0.4, 0.5) is 5.69 Å². The van der Waals surface area contributed by atoms with Crippen molar-refractivity contribution in [2.24, 2.45) is 5.10 Å². The van der Waals surface area contributed by atoms with Crippen LogP contribution < -0.4 is 19.8 Å². The minimum absolute atomic E-state index is 0.118. The summed E-state index contributed by atoms with van der Waals surface area (Å²) >= 11 is 0. The van der Waals surface area contributed by atoms with Crippen molar-refractivity contribution in [2.45, 2.75) is 17.9 Å². The topological polar surface area (TPSA) is 117 Å². The molecule has 1 unspecified atom stereocenters. The van der Waals surface area contributed by atoms with Crippen LogP contribution in [0.3, 0.4) is 0 Å². The molecule has 9 nitrogen and oxygen atoms in total. The van der Waals surface area contributed by atoms with Gasteiger partial charge < -0.3 is 10.1 Å². The number of nitrogens with zero attached hydrogens (tertiary/aromatic N) is 2. The molecule has 0 bridgehead atoms. The van der Waals surface area contributed by atoms with Crippen LogP contribution in [0.5, 0.6) is 5.75 Å². The van der Waals surface area contributed by atoms with Gasteiger partial charge in [0.1, 0.15) is 5.75 Å². The number of hydrogen-bond donors (Lipinski definition) is 2. The molecule has 0 spiro atoms. The first-order valence-corrected chi connectivity index (χ1v) is 14.2. The van der Waals surface area contributed by atoms with Crippen molar-refractivity contribution in [3.63, 3.8) is 0 Å². The molecule has 0 radical (unpaired) electrons. The fourth-order valence-electron chi connectivity index (χ4n) is 3.85. The van der Waals surface area contributed by atoms with Crippen LogP contribution in [0.15, 0.2) is 119 Å². The highest BCUT2D eigenvalue weighted by Crippen LogP contribution is 2.22. The number of nitrogens with one attached hydrogen (secondary N) is 2. The van der Waals surface area contributed by atoms with Crippen LogP contribution in [-0.4, -0.2) is 40.1 Å². The summed E-state index contributed by atoms with van der Waals surface area (Å²) in [7, 11) is -2.26. The van der Waals surface area contributed by atoms with Gasteiger partial charge in [-0.1, -0.05) is 48.5 Å². The Morgan fingerprint density at radius 3 is 2.12 bits per heavy atom. The zero-order chi connectivity index (χ0) is 29.2. The van der Waals surface area contributed by atoms with Gasteiger partial charge in [-0.2, -0.15) is 5.10 Å². The SMILES string of the molecule is CC(NC(=O)COc1ccc(/C=N/NC(=O)c2ccc(N(C)S(=O)(=O)c3ccccc3)cc2)cc1)c1ccccc1. The Morgan fingerprint density at radius 2 is 1.49 bits per heavy atom. The Bertz CT molecular complexity index is 1590. The van der Waals surface area contributed by atoms with Gasteiger partial charge >= 0.3 is 0 Å². The molecule has 0 aliphatic carbocycles. The molecule has 0 saturated carbocycles. The van der Waals surface area contributed by atoms with E-state index in [9.17, 15) is 18.0 Å². The van der Waals surface area contributed by atoms with Crippen molar-refractivity contribution in [2.75, 3.05) is 18.0 Å². The molecule has 2 N–H and O–H groups in total. The van der Waals surface area contributed by atoms with E-state index in [0.29, 0.717) is 22.6 Å². The summed E-state index contributed by atoms with van der Waals surface area (Å²) in [5.74, 6) is -0.155. The van der Waals surface area contributed by atoms with Gasteiger partial charge in [-0.15, -0.1) is 0 Å². The zero-order valence-corrected chi connectivity index (χ0v) is 23.4. The van der Waals surface area contributed by atoms with Gasteiger partial charge in [0.05, 0.1) is 22.8 Å². The first kappa shape index (κ1) is 29.0. The quantitative estimate of drug-likeness (QED) is 0.203. The summed E-state index contributed by atoms with van der Waals surface area (Å²) in [6.45, 7) is 1.79. The molecular weight excluding hydrogens is 540 g/mol. The predicted molar refractivity (Wildman–Crippen MR) is 158 cm³/mol. The van der Waals surface area contributed by atoms with E-state index in [1.54, 1.807) is 54.6 Å². The molecule has 41 heavy (non-hydrogen) atoms. The number of benzene rings is 4. The molecule has 0 aliphatic rings. The first-order valence-electron chi connectivity index (χ1n) is 12.8. The molecule has 4 aromatic rings. The highest BCUT2D eigenvalue weighted by atomic mass is 32.2. The highest BCUT2D eigenvalue weighted by Gasteiger charge is 2.21. The number of anilines is 1. The lowest BCUT2D eigenvalue weighted by Crippen LogP contribution is -2.31. The Hall–Kier alpha value is -4.96. The summed E-state index contributed by atoms with van der Waals surface area (Å²) in [6.07, 6.45) is 1.48. The third-order valence-electron chi connectivity index (χ3n) is 6.20. The third kappa shape index (κ3) is 7.80. The number of amides is 2. The van der Waals surface area contributed by atoms with E-state index >= 15 is 0 Å². The predicted octanol–water partition coefficient (Wildman–Crippen LogP) is 4.53. The summed E-state index contributed by atoms with van der Waals surface area (Å²) in [4.78, 5) is 24.9. The normalized spacial score (nSPS) is 12.0. The van der Waals surface area contributed by atoms with Gasteiger partial charge in [0.25, 0.3) is 21.8 Å². The smallest absolute Gasteiger partial charge is 0.271 e. The van der Waals surface area contributed by atoms with Gasteiger partial charge in [0, 0.05) is 12.6 Å². The van der Waals surface area contributed by atoms with Crippen molar-refractivity contribution in [3.05, 3.63) is 126 Å². The maximum absolute atomic E-state index is 12.8. The average molecular weight is 571 g/mol. The van der Waals surface area contributed by atoms with Crippen LogP contribution >= 0.6 is 0 Å². The summed E-state index contributed by atoms with van der Waals surface area (Å²) in [5, 5.41) is 6.88. The van der Waals surface area contributed by atoms with E-state index in [2.05, 4.69) is 15.8 Å². The van der Waals surface area contributed by atoms with Crippen molar-refractivity contribution < 1.29 is 22.7 Å². The highest BCUT2D eigenvalue weighted by molar-refractivity contribution is 7.92. The molecule has 10 heteroatoms. The molecule has 2 amide bonds. The van der Waals surface area contributed by atoms with Gasteiger partial charge in [0.2, 0.25) is 0 Å². The summed E-state index contributed by atoms with van der Waals surface area (Å²) in [6, 6.07) is 30.7. The minimum atomic E-state index is -3.72. The van der Waals surface area contributed by atoms with E-state index in [1.807, 2.05) is 37.3 Å². The zero-order valence-electron chi connectivity index (χ0n) is 22.6. The summed E-state index contributed by atoms with van der Waals surface area (Å²) < 4.78 is 32.3. The largest absolute Gasteiger partial charge is 0.484 e. The number of sulfonamides is 1. The second-order valence-corrected chi connectivity index (χ2v) is 11.1. The van der Waals surface area contributed by atoms with Crippen LogP contribution in [0.1, 0.15) is 34.5 Å². The third-order valence-corrected chi connectivity index (χ3v) is 8.00. The molecule has 0 fully saturated rings. The Morgan fingerprint density at radius 1 is 0.878 bits per heavy atom. The number of hydrazone groups is 1. The lowest BCUT2D eigenvalue weighted by Gasteiger charge is -2.19. The number of hydrogen-bond acceptors (Lipinski definition) is 6. The molecule has 210 valence electrons. The van der Waals surface area contributed by atoms with Gasteiger partial charge in [-0.3, -0.25) is 13.9 Å². The maximum atomic E-state index is 12.8. The molecular formula is C31H30N4O5S. The van der Waals surface area contributed by atoms with Crippen LogP contribution in [0, 0.1) is 0 Å². The van der Waals surface area contributed by atoms with E-state index in [-0.39, 0.29) is 23.5 Å². The van der Waals surface area contributed by atoms with E-state index in [1.165, 1.54) is 37.5 Å². The maximum Gasteiger partial charge on any atom is 0.271 e. The first-order chi connectivity index (χ1) is 19.7. The van der Waals surface area contributed by atoms with Gasteiger partial charge in [-0.25, -0.2) is 13.8 Å². The molecule has 0 aromatic heterocycles. The van der Waals surface area contributed by atoms with E-state index < -0.39 is 15.9 Å². The standard InChI is InChI=1S/C31H30N4O5S/c1-23(25-9-5-3-6-10-25)33-30(36)22-40-28-19-13-24(14-20-28)21-32-34-31(37)26-15-17-27(18-16-26)35(2)41(38,39)29-11-7-4-8-12-29/h3-21,23H,22H2,1-2H3,(H,33,36)(H,34,37)/b32-21+. The molecule has 4 aromatic carbocycles. The monoisotopic (exact) mass is 570 g/mol. The number of ether oxygens (including phenoxy) is 1. The molecule has 4 rings (SSSR count). The van der Waals surface area contributed by atoms with Crippen LogP contribution in [0.2, 0.25) is 0 Å². The van der Waals surface area contributed by atoms with E-state index in [0.717, 1.165) is 9.87 Å². The average Bonchev–Trinajstić information content (AvgIpc) is 3.01. The van der Waals surface area contributed by atoms with E-state index in [4.69, 9.17) is 4.74 Å². The molecule has 0 aliphatic heterocycles.